The lowest BCUT2D eigenvalue weighted by molar-refractivity contribution is 0.249. The third kappa shape index (κ3) is 3.38. The van der Waals surface area contributed by atoms with Gasteiger partial charge in [-0.15, -0.1) is 0 Å². The molecular formula is C12H18FNO2. The zero-order chi connectivity index (χ0) is 11.8. The summed E-state index contributed by atoms with van der Waals surface area (Å²) in [5, 5.41) is 0. The average molecular weight is 227 g/mol. The van der Waals surface area contributed by atoms with E-state index in [1.807, 2.05) is 25.1 Å². The smallest absolute Gasteiger partial charge is 0.164 e. The first-order valence-electron chi connectivity index (χ1n) is 5.47. The van der Waals surface area contributed by atoms with Gasteiger partial charge in [0.05, 0.1) is 6.61 Å². The number of alkyl halides is 1. The largest absolute Gasteiger partial charge is 0.490 e. The molecule has 0 atom stereocenters. The third-order valence-corrected chi connectivity index (χ3v) is 2.10. The van der Waals surface area contributed by atoms with E-state index < -0.39 is 6.67 Å². The fraction of sp³-hybridized carbons (Fsp3) is 0.500. The van der Waals surface area contributed by atoms with Gasteiger partial charge in [-0.2, -0.15) is 0 Å². The van der Waals surface area contributed by atoms with Crippen molar-refractivity contribution in [2.45, 2.75) is 13.3 Å². The van der Waals surface area contributed by atoms with E-state index in [-0.39, 0.29) is 6.61 Å². The first-order chi connectivity index (χ1) is 7.83. The van der Waals surface area contributed by atoms with Crippen LogP contribution in [0.1, 0.15) is 12.5 Å². The third-order valence-electron chi connectivity index (χ3n) is 2.10. The molecule has 1 aromatic carbocycles. The van der Waals surface area contributed by atoms with Gasteiger partial charge in [0.1, 0.15) is 13.3 Å². The highest BCUT2D eigenvalue weighted by atomic mass is 19.1. The van der Waals surface area contributed by atoms with Crippen molar-refractivity contribution < 1.29 is 13.9 Å². The van der Waals surface area contributed by atoms with Crippen molar-refractivity contribution in [1.82, 2.24) is 0 Å². The predicted molar refractivity (Wildman–Crippen MR) is 61.8 cm³/mol. The van der Waals surface area contributed by atoms with Crippen molar-refractivity contribution in [2.24, 2.45) is 5.73 Å². The average Bonchev–Trinajstić information content (AvgIpc) is 2.29. The number of halogens is 1. The summed E-state index contributed by atoms with van der Waals surface area (Å²) in [7, 11) is 0. The second-order valence-electron chi connectivity index (χ2n) is 3.25. The van der Waals surface area contributed by atoms with Crippen LogP contribution in [0.2, 0.25) is 0 Å². The molecule has 3 nitrogen and oxygen atoms in total. The Morgan fingerprint density at radius 3 is 2.75 bits per heavy atom. The molecule has 0 spiro atoms. The van der Waals surface area contributed by atoms with E-state index in [4.69, 9.17) is 15.2 Å². The zero-order valence-electron chi connectivity index (χ0n) is 9.54. The van der Waals surface area contributed by atoms with E-state index in [0.29, 0.717) is 31.1 Å². The number of ether oxygens (including phenoxy) is 2. The maximum Gasteiger partial charge on any atom is 0.164 e. The Balaban J connectivity index is 2.92. The van der Waals surface area contributed by atoms with Gasteiger partial charge in [-0.3, -0.25) is 0 Å². The standard InChI is InChI=1S/C12H18FNO2/c1-2-15-11-5-3-4-10(6-8-14)12(11)16-9-7-13/h3-5H,2,6-9,14H2,1H3. The molecule has 0 aromatic heterocycles. The molecule has 0 saturated heterocycles. The Morgan fingerprint density at radius 1 is 1.31 bits per heavy atom. The maximum atomic E-state index is 12.1. The van der Waals surface area contributed by atoms with E-state index in [0.717, 1.165) is 5.56 Å². The SMILES string of the molecule is CCOc1cccc(CCN)c1OCCF. The number of hydrogen-bond donors (Lipinski definition) is 1. The van der Waals surface area contributed by atoms with Crippen LogP contribution in [0.15, 0.2) is 18.2 Å². The van der Waals surface area contributed by atoms with Crippen molar-refractivity contribution >= 4 is 0 Å². The number of nitrogens with two attached hydrogens (primary N) is 1. The summed E-state index contributed by atoms with van der Waals surface area (Å²) in [6, 6.07) is 5.62. The van der Waals surface area contributed by atoms with Crippen LogP contribution >= 0.6 is 0 Å². The second-order valence-corrected chi connectivity index (χ2v) is 3.25. The first-order valence-corrected chi connectivity index (χ1v) is 5.47. The molecule has 16 heavy (non-hydrogen) atoms. The van der Waals surface area contributed by atoms with Gasteiger partial charge < -0.3 is 15.2 Å². The normalized spacial score (nSPS) is 10.2. The van der Waals surface area contributed by atoms with Crippen LogP contribution in [0.5, 0.6) is 11.5 Å². The van der Waals surface area contributed by atoms with Crippen molar-refractivity contribution in [1.29, 1.82) is 0 Å². The molecule has 0 saturated carbocycles. The molecule has 1 aromatic rings. The van der Waals surface area contributed by atoms with Gasteiger partial charge in [0.25, 0.3) is 0 Å². The molecule has 1 rings (SSSR count). The minimum Gasteiger partial charge on any atom is -0.490 e. The van der Waals surface area contributed by atoms with Crippen LogP contribution in [-0.2, 0) is 6.42 Å². The molecule has 0 amide bonds. The van der Waals surface area contributed by atoms with Crippen molar-refractivity contribution in [3.05, 3.63) is 23.8 Å². The highest BCUT2D eigenvalue weighted by Crippen LogP contribution is 2.31. The van der Waals surface area contributed by atoms with Gasteiger partial charge in [0, 0.05) is 0 Å². The summed E-state index contributed by atoms with van der Waals surface area (Å²) in [6.45, 7) is 2.51. The Kier molecular flexibility index (Phi) is 5.64. The Hall–Kier alpha value is -1.29. The van der Waals surface area contributed by atoms with Crippen molar-refractivity contribution in [2.75, 3.05) is 26.4 Å². The lowest BCUT2D eigenvalue weighted by atomic mass is 10.1. The van der Waals surface area contributed by atoms with Gasteiger partial charge in [0.15, 0.2) is 11.5 Å². The molecule has 2 N–H and O–H groups in total. The Bertz CT molecular complexity index is 294. The molecule has 0 aliphatic rings. The van der Waals surface area contributed by atoms with Gasteiger partial charge in [0.2, 0.25) is 0 Å². The maximum absolute atomic E-state index is 12.1. The first kappa shape index (κ1) is 12.8. The molecule has 0 fully saturated rings. The summed E-state index contributed by atoms with van der Waals surface area (Å²) < 4.78 is 22.9. The van der Waals surface area contributed by atoms with Crippen LogP contribution in [-0.4, -0.2) is 26.4 Å². The van der Waals surface area contributed by atoms with E-state index in [9.17, 15) is 4.39 Å². The summed E-state index contributed by atoms with van der Waals surface area (Å²) in [6.07, 6.45) is 0.697. The van der Waals surface area contributed by atoms with Crippen LogP contribution in [0.25, 0.3) is 0 Å². The van der Waals surface area contributed by atoms with E-state index >= 15 is 0 Å². The molecule has 0 radical (unpaired) electrons. The summed E-state index contributed by atoms with van der Waals surface area (Å²) >= 11 is 0. The molecule has 90 valence electrons. The van der Waals surface area contributed by atoms with Crippen LogP contribution in [0.3, 0.4) is 0 Å². The summed E-state index contributed by atoms with van der Waals surface area (Å²) in [5.41, 5.74) is 6.47. The van der Waals surface area contributed by atoms with E-state index in [1.165, 1.54) is 0 Å². The Morgan fingerprint density at radius 2 is 2.12 bits per heavy atom. The van der Waals surface area contributed by atoms with Gasteiger partial charge in [-0.05, 0) is 31.5 Å². The lowest BCUT2D eigenvalue weighted by Gasteiger charge is -2.14. The van der Waals surface area contributed by atoms with Gasteiger partial charge in [-0.25, -0.2) is 4.39 Å². The minimum atomic E-state index is -0.511. The number of hydrogen-bond acceptors (Lipinski definition) is 3. The van der Waals surface area contributed by atoms with Crippen molar-refractivity contribution in [3.8, 4) is 11.5 Å². The number of para-hydroxylation sites is 1. The summed E-state index contributed by atoms with van der Waals surface area (Å²) in [5.74, 6) is 1.27. The molecule has 0 aliphatic heterocycles. The predicted octanol–water partition coefficient (Wildman–Crippen LogP) is 1.93. The van der Waals surface area contributed by atoms with Crippen LogP contribution in [0.4, 0.5) is 4.39 Å². The highest BCUT2D eigenvalue weighted by molar-refractivity contribution is 5.46. The van der Waals surface area contributed by atoms with Gasteiger partial charge >= 0.3 is 0 Å². The molecular weight excluding hydrogens is 209 g/mol. The van der Waals surface area contributed by atoms with Gasteiger partial charge in [-0.1, -0.05) is 12.1 Å². The van der Waals surface area contributed by atoms with Crippen molar-refractivity contribution in [3.63, 3.8) is 0 Å². The fourth-order valence-corrected chi connectivity index (χ4v) is 1.49. The molecule has 4 heteroatoms. The molecule has 0 heterocycles. The second kappa shape index (κ2) is 7.06. The number of rotatable bonds is 7. The zero-order valence-corrected chi connectivity index (χ0v) is 9.54. The quantitative estimate of drug-likeness (QED) is 0.774. The molecule has 0 bridgehead atoms. The molecule has 0 aliphatic carbocycles. The van der Waals surface area contributed by atoms with Crippen LogP contribution < -0.4 is 15.2 Å². The molecule has 0 unspecified atom stereocenters. The highest BCUT2D eigenvalue weighted by Gasteiger charge is 2.10. The van der Waals surface area contributed by atoms with Crippen LogP contribution in [0, 0.1) is 0 Å². The van der Waals surface area contributed by atoms with E-state index in [1.54, 1.807) is 0 Å². The monoisotopic (exact) mass is 227 g/mol. The minimum absolute atomic E-state index is 0.0433. The number of benzene rings is 1. The fourth-order valence-electron chi connectivity index (χ4n) is 1.49. The lowest BCUT2D eigenvalue weighted by Crippen LogP contribution is -2.08. The topological polar surface area (TPSA) is 44.5 Å². The van der Waals surface area contributed by atoms with E-state index in [2.05, 4.69) is 0 Å². The summed E-state index contributed by atoms with van der Waals surface area (Å²) in [4.78, 5) is 0. The Labute approximate surface area is 95.4 Å².